The number of amides is 1. The van der Waals surface area contributed by atoms with Gasteiger partial charge in [0.25, 0.3) is 5.91 Å². The molecule has 140 valence electrons. The summed E-state index contributed by atoms with van der Waals surface area (Å²) in [6.07, 6.45) is -0.208. The molecule has 0 saturated heterocycles. The lowest BCUT2D eigenvalue weighted by Gasteiger charge is -2.33. The van der Waals surface area contributed by atoms with Gasteiger partial charge in [0, 0.05) is 12.7 Å². The molecule has 0 aliphatic carbocycles. The number of carboxylic acids is 1. The first-order chi connectivity index (χ1) is 11.5. The molecular weight excluding hydrogens is 346 g/mol. The summed E-state index contributed by atoms with van der Waals surface area (Å²) in [6.45, 7) is 5.42. The van der Waals surface area contributed by atoms with Gasteiger partial charge in [-0.3, -0.25) is 9.59 Å². The molecule has 0 aliphatic rings. The summed E-state index contributed by atoms with van der Waals surface area (Å²) in [5, 5.41) is 11.8. The first-order valence-corrected chi connectivity index (χ1v) is 9.53. The highest BCUT2D eigenvalue weighted by Gasteiger charge is 2.33. The van der Waals surface area contributed by atoms with Crippen LogP contribution in [0.1, 0.15) is 37.6 Å². The number of methoxy groups -OCH3 is 1. The number of hydrogen-bond donors (Lipinski definition) is 2. The van der Waals surface area contributed by atoms with Crippen molar-refractivity contribution in [3.63, 3.8) is 0 Å². The van der Waals surface area contributed by atoms with Crippen LogP contribution in [0.25, 0.3) is 0 Å². The molecule has 0 saturated carbocycles. The Labute approximate surface area is 148 Å². The van der Waals surface area contributed by atoms with Gasteiger partial charge in [-0.05, 0) is 37.1 Å². The number of nitrogens with one attached hydrogen (secondary N) is 1. The Hall–Kier alpha value is -1.93. The molecule has 1 amide bonds. The zero-order valence-corrected chi connectivity index (χ0v) is 15.7. The molecule has 8 heteroatoms. The molecule has 0 fully saturated rings. The van der Waals surface area contributed by atoms with Crippen molar-refractivity contribution in [2.24, 2.45) is 5.92 Å². The average molecular weight is 371 g/mol. The quantitative estimate of drug-likeness (QED) is 0.684. The average Bonchev–Trinajstić information content (AvgIpc) is 2.52. The lowest BCUT2D eigenvalue weighted by Crippen LogP contribution is -2.51. The fourth-order valence-corrected chi connectivity index (χ4v) is 3.34. The molecular formula is C17H25NO6S. The zero-order valence-electron chi connectivity index (χ0n) is 14.9. The van der Waals surface area contributed by atoms with Crippen molar-refractivity contribution in [1.29, 1.82) is 0 Å². The van der Waals surface area contributed by atoms with Gasteiger partial charge in [0.05, 0.1) is 29.2 Å². The minimum absolute atomic E-state index is 0.0898. The van der Waals surface area contributed by atoms with E-state index in [1.54, 1.807) is 6.92 Å². The smallest absolute Gasteiger partial charge is 0.305 e. The number of aliphatic carboxylic acids is 1. The summed E-state index contributed by atoms with van der Waals surface area (Å²) in [7, 11) is -2.04. The molecule has 1 rings (SSSR count). The van der Waals surface area contributed by atoms with Crippen LogP contribution in [0.3, 0.4) is 0 Å². The molecule has 25 heavy (non-hydrogen) atoms. The maximum atomic E-state index is 12.4. The molecule has 1 atom stereocenters. The molecule has 0 bridgehead atoms. The van der Waals surface area contributed by atoms with Gasteiger partial charge in [-0.15, -0.1) is 0 Å². The number of carbonyl (C=O) groups excluding carboxylic acids is 1. The molecule has 7 nitrogen and oxygen atoms in total. The van der Waals surface area contributed by atoms with Gasteiger partial charge in [0.15, 0.2) is 9.84 Å². The van der Waals surface area contributed by atoms with Crippen molar-refractivity contribution in [2.75, 3.05) is 19.5 Å². The lowest BCUT2D eigenvalue weighted by atomic mass is 9.85. The van der Waals surface area contributed by atoms with E-state index in [9.17, 15) is 18.0 Å². The maximum Gasteiger partial charge on any atom is 0.305 e. The second-order valence-corrected chi connectivity index (χ2v) is 8.54. The van der Waals surface area contributed by atoms with Crippen LogP contribution in [0, 0.1) is 5.92 Å². The summed E-state index contributed by atoms with van der Waals surface area (Å²) in [5.41, 5.74) is -0.644. The van der Waals surface area contributed by atoms with Crippen LogP contribution in [-0.4, -0.2) is 50.4 Å². The van der Waals surface area contributed by atoms with Crippen LogP contribution < -0.4 is 5.32 Å². The highest BCUT2D eigenvalue weighted by atomic mass is 32.2. The van der Waals surface area contributed by atoms with E-state index in [-0.39, 0.29) is 35.2 Å². The predicted molar refractivity (Wildman–Crippen MR) is 93.3 cm³/mol. The number of carboxylic acid groups (broad SMARTS) is 1. The Morgan fingerprint density at radius 1 is 1.24 bits per heavy atom. The third-order valence-corrected chi connectivity index (χ3v) is 5.92. The summed E-state index contributed by atoms with van der Waals surface area (Å²) in [6, 6.07) is 5.56. The number of carbonyl (C=O) groups is 2. The molecule has 0 heterocycles. The van der Waals surface area contributed by atoms with Gasteiger partial charge in [0.1, 0.15) is 0 Å². The van der Waals surface area contributed by atoms with Crippen LogP contribution in [0.5, 0.6) is 0 Å². The number of rotatable bonds is 9. The van der Waals surface area contributed by atoms with Gasteiger partial charge >= 0.3 is 5.97 Å². The molecule has 1 unspecified atom stereocenters. The lowest BCUT2D eigenvalue weighted by molar-refractivity contribution is -0.138. The Morgan fingerprint density at radius 2 is 1.80 bits per heavy atom. The second-order valence-electron chi connectivity index (χ2n) is 6.43. The number of sulfone groups is 1. The van der Waals surface area contributed by atoms with E-state index in [0.717, 1.165) is 0 Å². The molecule has 0 aliphatic heterocycles. The third kappa shape index (κ3) is 5.82. The van der Waals surface area contributed by atoms with Crippen LogP contribution >= 0.6 is 0 Å². The summed E-state index contributed by atoms with van der Waals surface area (Å²) < 4.78 is 28.9. The predicted octanol–water partition coefficient (Wildman–Crippen LogP) is 1.73. The molecule has 0 aromatic heterocycles. The van der Waals surface area contributed by atoms with Crippen LogP contribution in [0.15, 0.2) is 29.2 Å². The molecule has 1 aromatic carbocycles. The molecule has 2 N–H and O–H groups in total. The number of ether oxygens (including phenoxy) is 1. The van der Waals surface area contributed by atoms with Gasteiger partial charge in [-0.2, -0.15) is 0 Å². The van der Waals surface area contributed by atoms with Gasteiger partial charge in [-0.25, -0.2) is 8.42 Å². The van der Waals surface area contributed by atoms with Crippen molar-refractivity contribution >= 4 is 21.7 Å². The van der Waals surface area contributed by atoms with E-state index in [0.29, 0.717) is 0 Å². The molecule has 0 spiro atoms. The van der Waals surface area contributed by atoms with Crippen molar-refractivity contribution in [3.8, 4) is 0 Å². The van der Waals surface area contributed by atoms with Crippen LogP contribution in [0.4, 0.5) is 0 Å². The molecule has 0 radical (unpaired) electrons. The molecule has 1 aromatic rings. The topological polar surface area (TPSA) is 110 Å². The van der Waals surface area contributed by atoms with E-state index < -0.39 is 27.3 Å². The van der Waals surface area contributed by atoms with Gasteiger partial charge in [0.2, 0.25) is 0 Å². The van der Waals surface area contributed by atoms with E-state index in [1.807, 2.05) is 13.8 Å². The second kappa shape index (κ2) is 8.44. The Bertz CT molecular complexity index is 711. The summed E-state index contributed by atoms with van der Waals surface area (Å²) in [4.78, 5) is 23.6. The van der Waals surface area contributed by atoms with Crippen molar-refractivity contribution < 1.29 is 27.9 Å². The maximum absolute atomic E-state index is 12.4. The van der Waals surface area contributed by atoms with E-state index in [1.165, 1.54) is 31.4 Å². The summed E-state index contributed by atoms with van der Waals surface area (Å²) in [5.74, 6) is -1.69. The van der Waals surface area contributed by atoms with Gasteiger partial charge in [-0.1, -0.05) is 13.8 Å². The standard InChI is InChI=1S/C17H25NO6S/c1-12(2)17(3,11-15(19)20)18-16(21)13-5-7-14(8-6-13)25(22,23)10-9-24-4/h5-8,12H,9-11H2,1-4H3,(H,18,21)(H,19,20). The van der Waals surface area contributed by atoms with Crippen molar-refractivity contribution in [3.05, 3.63) is 29.8 Å². The highest BCUT2D eigenvalue weighted by Crippen LogP contribution is 2.22. The summed E-state index contributed by atoms with van der Waals surface area (Å²) >= 11 is 0. The third-order valence-electron chi connectivity index (χ3n) is 4.22. The van der Waals surface area contributed by atoms with E-state index >= 15 is 0 Å². The Balaban J connectivity index is 2.95. The van der Waals surface area contributed by atoms with Crippen molar-refractivity contribution in [1.82, 2.24) is 5.32 Å². The van der Waals surface area contributed by atoms with Gasteiger partial charge < -0.3 is 15.2 Å². The first kappa shape index (κ1) is 21.1. The Morgan fingerprint density at radius 3 is 2.24 bits per heavy atom. The van der Waals surface area contributed by atoms with E-state index in [2.05, 4.69) is 5.32 Å². The fraction of sp³-hybridized carbons (Fsp3) is 0.529. The van der Waals surface area contributed by atoms with Crippen LogP contribution in [-0.2, 0) is 19.4 Å². The minimum atomic E-state index is -3.46. The SMILES string of the molecule is COCCS(=O)(=O)c1ccc(C(=O)NC(C)(CC(=O)O)C(C)C)cc1. The minimum Gasteiger partial charge on any atom is -0.481 e. The monoisotopic (exact) mass is 371 g/mol. The van der Waals surface area contributed by atoms with E-state index in [4.69, 9.17) is 9.84 Å². The normalized spacial score (nSPS) is 14.1. The largest absolute Gasteiger partial charge is 0.481 e. The van der Waals surface area contributed by atoms with Crippen LogP contribution in [0.2, 0.25) is 0 Å². The fourth-order valence-electron chi connectivity index (χ4n) is 2.16. The number of benzene rings is 1. The number of hydrogen-bond acceptors (Lipinski definition) is 5. The zero-order chi connectivity index (χ0) is 19.3. The highest BCUT2D eigenvalue weighted by molar-refractivity contribution is 7.91. The van der Waals surface area contributed by atoms with Crippen molar-refractivity contribution in [2.45, 2.75) is 37.6 Å². The first-order valence-electron chi connectivity index (χ1n) is 7.88. The Kier molecular flexibility index (Phi) is 7.13.